The second-order valence-corrected chi connectivity index (χ2v) is 5.70. The molecule has 0 spiro atoms. The lowest BCUT2D eigenvalue weighted by molar-refractivity contribution is 0.0731. The average Bonchev–Trinajstić information content (AvgIpc) is 3.05. The van der Waals surface area contributed by atoms with Gasteiger partial charge in [-0.15, -0.1) is 0 Å². The van der Waals surface area contributed by atoms with Crippen LogP contribution in [0.4, 0.5) is 0 Å². The summed E-state index contributed by atoms with van der Waals surface area (Å²) in [6.07, 6.45) is 7.28. The van der Waals surface area contributed by atoms with Crippen molar-refractivity contribution in [1.29, 1.82) is 0 Å². The average molecular weight is 309 g/mol. The van der Waals surface area contributed by atoms with Crippen molar-refractivity contribution in [2.24, 2.45) is 7.05 Å². The maximum atomic E-state index is 12.7. The molecular weight excluding hydrogens is 294 g/mol. The van der Waals surface area contributed by atoms with E-state index in [1.165, 1.54) is 10.9 Å². The van der Waals surface area contributed by atoms with E-state index in [1.807, 2.05) is 16.7 Å². The number of nitrogens with zero attached hydrogens (tertiary/aromatic N) is 5. The molecular formula is C16H15N5O2. The Labute approximate surface area is 131 Å². The number of rotatable bonds is 1. The number of aryl methyl sites for hydroxylation is 1. The van der Waals surface area contributed by atoms with E-state index in [9.17, 15) is 9.59 Å². The monoisotopic (exact) mass is 309 g/mol. The van der Waals surface area contributed by atoms with Gasteiger partial charge < -0.3 is 13.9 Å². The third kappa shape index (κ3) is 2.21. The molecule has 116 valence electrons. The van der Waals surface area contributed by atoms with Crippen LogP contribution in [0.3, 0.4) is 0 Å². The van der Waals surface area contributed by atoms with Gasteiger partial charge in [-0.05, 0) is 18.6 Å². The molecule has 0 fully saturated rings. The van der Waals surface area contributed by atoms with Gasteiger partial charge in [-0.1, -0.05) is 0 Å². The van der Waals surface area contributed by atoms with Crippen LogP contribution in [-0.4, -0.2) is 36.3 Å². The quantitative estimate of drug-likeness (QED) is 0.661. The van der Waals surface area contributed by atoms with Crippen LogP contribution in [0.25, 0.3) is 5.52 Å². The van der Waals surface area contributed by atoms with Crippen LogP contribution in [-0.2, 0) is 20.0 Å². The lowest BCUT2D eigenvalue weighted by Gasteiger charge is -2.28. The number of carbonyl (C=O) groups is 1. The fourth-order valence-corrected chi connectivity index (χ4v) is 2.93. The molecule has 7 nitrogen and oxygen atoms in total. The number of aromatic nitrogens is 4. The minimum absolute atomic E-state index is 0.0252. The predicted molar refractivity (Wildman–Crippen MR) is 83.1 cm³/mol. The predicted octanol–water partition coefficient (Wildman–Crippen LogP) is 0.626. The van der Waals surface area contributed by atoms with Crippen LogP contribution < -0.4 is 5.56 Å². The summed E-state index contributed by atoms with van der Waals surface area (Å²) in [6.45, 7) is 0.895. The van der Waals surface area contributed by atoms with E-state index >= 15 is 0 Å². The highest BCUT2D eigenvalue weighted by molar-refractivity contribution is 5.95. The molecule has 0 saturated carbocycles. The first-order valence-electron chi connectivity index (χ1n) is 7.38. The molecule has 0 aromatic carbocycles. The zero-order valence-electron chi connectivity index (χ0n) is 12.6. The Morgan fingerprint density at radius 1 is 1.30 bits per heavy atom. The van der Waals surface area contributed by atoms with Gasteiger partial charge in [0, 0.05) is 30.9 Å². The molecule has 0 unspecified atom stereocenters. The van der Waals surface area contributed by atoms with Gasteiger partial charge >= 0.3 is 0 Å². The van der Waals surface area contributed by atoms with Crippen molar-refractivity contribution in [1.82, 2.24) is 23.8 Å². The minimum Gasteiger partial charge on any atom is -0.332 e. The number of hydrogen-bond donors (Lipinski definition) is 0. The molecule has 7 heteroatoms. The van der Waals surface area contributed by atoms with Crippen LogP contribution >= 0.6 is 0 Å². The topological polar surface area (TPSA) is 72.5 Å². The Kier molecular flexibility index (Phi) is 3.00. The van der Waals surface area contributed by atoms with E-state index in [-0.39, 0.29) is 11.5 Å². The van der Waals surface area contributed by atoms with Gasteiger partial charge in [-0.2, -0.15) is 0 Å². The van der Waals surface area contributed by atoms with Crippen LogP contribution in [0.5, 0.6) is 0 Å². The summed E-state index contributed by atoms with van der Waals surface area (Å²) in [4.78, 5) is 34.9. The number of amides is 1. The van der Waals surface area contributed by atoms with E-state index < -0.39 is 0 Å². The van der Waals surface area contributed by atoms with Gasteiger partial charge in [0.1, 0.15) is 0 Å². The van der Waals surface area contributed by atoms with E-state index in [4.69, 9.17) is 0 Å². The molecule has 1 amide bonds. The molecule has 1 aliphatic rings. The zero-order chi connectivity index (χ0) is 16.0. The number of pyridine rings is 1. The van der Waals surface area contributed by atoms with E-state index in [1.54, 1.807) is 30.5 Å². The summed E-state index contributed by atoms with van der Waals surface area (Å²) in [7, 11) is 1.69. The fraction of sp³-hybridized carbons (Fsp3) is 0.250. The Morgan fingerprint density at radius 2 is 2.17 bits per heavy atom. The number of imidazole rings is 1. The first-order valence-corrected chi connectivity index (χ1v) is 7.38. The normalized spacial score (nSPS) is 14.0. The molecule has 0 atom stereocenters. The highest BCUT2D eigenvalue weighted by Gasteiger charge is 2.25. The Balaban J connectivity index is 1.64. The SMILES string of the molecule is Cn1cnc2c(c1=O)CCN(C(=O)c1ccn3cncc3c1)C2. The summed E-state index contributed by atoms with van der Waals surface area (Å²) in [5, 5.41) is 0. The maximum Gasteiger partial charge on any atom is 0.256 e. The van der Waals surface area contributed by atoms with Crippen molar-refractivity contribution >= 4 is 11.4 Å². The van der Waals surface area contributed by atoms with Crippen LogP contribution in [0, 0.1) is 0 Å². The molecule has 0 aliphatic carbocycles. The van der Waals surface area contributed by atoms with Crippen molar-refractivity contribution in [3.8, 4) is 0 Å². The summed E-state index contributed by atoms with van der Waals surface area (Å²) in [6, 6.07) is 3.60. The van der Waals surface area contributed by atoms with E-state index in [2.05, 4.69) is 9.97 Å². The van der Waals surface area contributed by atoms with Gasteiger partial charge in [-0.3, -0.25) is 9.59 Å². The molecule has 4 rings (SSSR count). The minimum atomic E-state index is -0.0539. The molecule has 0 N–H and O–H groups in total. The number of hydrogen-bond acceptors (Lipinski definition) is 4. The summed E-state index contributed by atoms with van der Waals surface area (Å²) < 4.78 is 3.33. The summed E-state index contributed by atoms with van der Waals surface area (Å²) >= 11 is 0. The van der Waals surface area contributed by atoms with Gasteiger partial charge in [0.15, 0.2) is 0 Å². The van der Waals surface area contributed by atoms with E-state index in [0.29, 0.717) is 36.3 Å². The lowest BCUT2D eigenvalue weighted by atomic mass is 10.1. The van der Waals surface area contributed by atoms with Gasteiger partial charge in [-0.25, -0.2) is 9.97 Å². The number of carbonyl (C=O) groups excluding carboxylic acids is 1. The van der Waals surface area contributed by atoms with Gasteiger partial charge in [0.25, 0.3) is 11.5 Å². The maximum absolute atomic E-state index is 12.7. The van der Waals surface area contributed by atoms with Crippen LogP contribution in [0.15, 0.2) is 42.0 Å². The van der Waals surface area contributed by atoms with Crippen molar-refractivity contribution in [3.05, 3.63) is 64.4 Å². The second kappa shape index (κ2) is 5.05. The summed E-state index contributed by atoms with van der Waals surface area (Å²) in [5.41, 5.74) is 2.87. The molecule has 0 saturated heterocycles. The van der Waals surface area contributed by atoms with Crippen LogP contribution in [0.1, 0.15) is 21.6 Å². The molecule has 3 aromatic heterocycles. The number of fused-ring (bicyclic) bond motifs is 2. The van der Waals surface area contributed by atoms with Gasteiger partial charge in [0.2, 0.25) is 0 Å². The first kappa shape index (κ1) is 13.7. The second-order valence-electron chi connectivity index (χ2n) is 5.70. The largest absolute Gasteiger partial charge is 0.332 e. The zero-order valence-corrected chi connectivity index (χ0v) is 12.6. The summed E-state index contributed by atoms with van der Waals surface area (Å²) in [5.74, 6) is -0.0539. The molecule has 0 radical (unpaired) electrons. The van der Waals surface area contributed by atoms with Crippen LogP contribution in [0.2, 0.25) is 0 Å². The van der Waals surface area contributed by atoms with Crippen molar-refractivity contribution in [2.45, 2.75) is 13.0 Å². The van der Waals surface area contributed by atoms with Crippen molar-refractivity contribution in [3.63, 3.8) is 0 Å². The molecule has 4 heterocycles. The molecule has 1 aliphatic heterocycles. The van der Waals surface area contributed by atoms with Gasteiger partial charge in [0.05, 0.1) is 36.6 Å². The molecule has 23 heavy (non-hydrogen) atoms. The Hall–Kier alpha value is -2.96. The first-order chi connectivity index (χ1) is 11.1. The molecule has 0 bridgehead atoms. The smallest absolute Gasteiger partial charge is 0.256 e. The molecule has 3 aromatic rings. The Bertz CT molecular complexity index is 972. The van der Waals surface area contributed by atoms with E-state index in [0.717, 1.165) is 5.52 Å². The fourth-order valence-electron chi connectivity index (χ4n) is 2.93. The highest BCUT2D eigenvalue weighted by atomic mass is 16.2. The third-order valence-electron chi connectivity index (χ3n) is 4.23. The van der Waals surface area contributed by atoms with Crippen molar-refractivity contribution < 1.29 is 4.79 Å². The highest BCUT2D eigenvalue weighted by Crippen LogP contribution is 2.17. The lowest BCUT2D eigenvalue weighted by Crippen LogP contribution is -2.40. The third-order valence-corrected chi connectivity index (χ3v) is 4.23. The van der Waals surface area contributed by atoms with Crippen molar-refractivity contribution in [2.75, 3.05) is 6.54 Å². The Morgan fingerprint density at radius 3 is 3.04 bits per heavy atom. The standard InChI is InChI=1S/C16H15N5O2/c1-19-10-18-14-8-20(5-3-13(14)16(19)23)15(22)11-2-4-21-9-17-7-12(21)6-11/h2,4,6-7,9-10H,3,5,8H2,1H3.